The van der Waals surface area contributed by atoms with E-state index in [9.17, 15) is 4.79 Å². The molecule has 0 amide bonds. The summed E-state index contributed by atoms with van der Waals surface area (Å²) in [5.41, 5.74) is 8.97. The van der Waals surface area contributed by atoms with E-state index in [4.69, 9.17) is 5.73 Å². The van der Waals surface area contributed by atoms with Gasteiger partial charge in [-0.05, 0) is 30.9 Å². The van der Waals surface area contributed by atoms with Crippen LogP contribution in [0.15, 0.2) is 18.2 Å². The summed E-state index contributed by atoms with van der Waals surface area (Å²) in [4.78, 5) is 12.1. The topological polar surface area (TPSA) is 43.1 Å². The Morgan fingerprint density at radius 2 is 1.94 bits per heavy atom. The summed E-state index contributed by atoms with van der Waals surface area (Å²) >= 11 is 0. The van der Waals surface area contributed by atoms with E-state index in [2.05, 4.69) is 0 Å². The van der Waals surface area contributed by atoms with Crippen LogP contribution < -0.4 is 5.73 Å². The lowest BCUT2D eigenvalue weighted by Gasteiger charge is -2.15. The summed E-state index contributed by atoms with van der Waals surface area (Å²) in [6, 6.07) is 5.79. The van der Waals surface area contributed by atoms with E-state index < -0.39 is 0 Å². The van der Waals surface area contributed by atoms with Crippen molar-refractivity contribution in [3.8, 4) is 0 Å². The van der Waals surface area contributed by atoms with Gasteiger partial charge in [-0.3, -0.25) is 4.79 Å². The van der Waals surface area contributed by atoms with Crippen molar-refractivity contribution in [3.05, 3.63) is 34.9 Å². The molecule has 2 nitrogen and oxygen atoms in total. The van der Waals surface area contributed by atoms with Crippen LogP contribution in [0.1, 0.15) is 41.8 Å². The van der Waals surface area contributed by atoms with Crippen molar-refractivity contribution >= 4 is 5.78 Å². The van der Waals surface area contributed by atoms with Crippen LogP contribution in [-0.4, -0.2) is 11.8 Å². The summed E-state index contributed by atoms with van der Waals surface area (Å²) in [5.74, 6) is 0.497. The molecule has 0 aliphatic rings. The quantitative estimate of drug-likeness (QED) is 0.791. The van der Waals surface area contributed by atoms with Gasteiger partial charge in [-0.1, -0.05) is 32.0 Å². The highest BCUT2D eigenvalue weighted by atomic mass is 16.1. The third-order valence-electron chi connectivity index (χ3n) is 3.18. The van der Waals surface area contributed by atoms with Crippen molar-refractivity contribution in [2.75, 3.05) is 0 Å². The fraction of sp³-hybridized carbons (Fsp3) is 0.500. The first kappa shape index (κ1) is 12.9. The van der Waals surface area contributed by atoms with Gasteiger partial charge in [-0.25, -0.2) is 0 Å². The van der Waals surface area contributed by atoms with Gasteiger partial charge in [0.05, 0.1) is 0 Å². The molecule has 0 bridgehead atoms. The summed E-state index contributed by atoms with van der Waals surface area (Å²) < 4.78 is 0. The van der Waals surface area contributed by atoms with Crippen molar-refractivity contribution in [3.63, 3.8) is 0 Å². The van der Waals surface area contributed by atoms with Crippen LogP contribution in [0.2, 0.25) is 0 Å². The normalized spacial score (nSPS) is 12.9. The molecule has 1 aromatic rings. The molecule has 1 unspecified atom stereocenters. The molecule has 88 valence electrons. The van der Waals surface area contributed by atoms with Gasteiger partial charge in [-0.2, -0.15) is 0 Å². The Hall–Kier alpha value is -1.15. The fourth-order valence-corrected chi connectivity index (χ4v) is 1.61. The molecule has 0 spiro atoms. The average molecular weight is 219 g/mol. The molecule has 1 rings (SSSR count). The maximum Gasteiger partial charge on any atom is 0.164 e. The molecule has 2 N–H and O–H groups in total. The Kier molecular flexibility index (Phi) is 4.25. The van der Waals surface area contributed by atoms with Gasteiger partial charge >= 0.3 is 0 Å². The molecule has 2 heteroatoms. The smallest absolute Gasteiger partial charge is 0.164 e. The maximum absolute atomic E-state index is 12.1. The second-order valence-electron chi connectivity index (χ2n) is 4.78. The zero-order chi connectivity index (χ0) is 12.3. The number of ketones is 1. The predicted octanol–water partition coefficient (Wildman–Crippen LogP) is 2.86. The molecule has 0 saturated carbocycles. The molecule has 1 aromatic carbocycles. The molecule has 0 aliphatic carbocycles. The minimum absolute atomic E-state index is 0.0487. The number of hydrogen-bond donors (Lipinski definition) is 1. The summed E-state index contributed by atoms with van der Waals surface area (Å²) in [6.07, 6.45) is 0.432. The molecule has 16 heavy (non-hydrogen) atoms. The highest BCUT2D eigenvalue weighted by Crippen LogP contribution is 2.16. The Bertz CT molecular complexity index is 382. The zero-order valence-corrected chi connectivity index (χ0v) is 10.6. The van der Waals surface area contributed by atoms with Gasteiger partial charge in [0.1, 0.15) is 0 Å². The lowest BCUT2D eigenvalue weighted by atomic mass is 9.93. The third kappa shape index (κ3) is 2.92. The SMILES string of the molecule is Cc1cccc(C(=O)CC(N)C(C)C)c1C. The van der Waals surface area contributed by atoms with E-state index in [0.29, 0.717) is 12.3 Å². The van der Waals surface area contributed by atoms with Crippen molar-refractivity contribution < 1.29 is 4.79 Å². The predicted molar refractivity (Wildman–Crippen MR) is 67.7 cm³/mol. The van der Waals surface area contributed by atoms with Gasteiger partial charge in [0, 0.05) is 18.0 Å². The second-order valence-corrected chi connectivity index (χ2v) is 4.78. The third-order valence-corrected chi connectivity index (χ3v) is 3.18. The molecule has 0 saturated heterocycles. The van der Waals surface area contributed by atoms with E-state index in [-0.39, 0.29) is 11.8 Å². The highest BCUT2D eigenvalue weighted by molar-refractivity contribution is 5.98. The molecular weight excluding hydrogens is 198 g/mol. The Balaban J connectivity index is 2.85. The number of carbonyl (C=O) groups is 1. The van der Waals surface area contributed by atoms with Crippen LogP contribution >= 0.6 is 0 Å². The Morgan fingerprint density at radius 1 is 1.31 bits per heavy atom. The number of aryl methyl sites for hydroxylation is 1. The van der Waals surface area contributed by atoms with E-state index in [1.807, 2.05) is 45.9 Å². The van der Waals surface area contributed by atoms with E-state index in [0.717, 1.165) is 16.7 Å². The van der Waals surface area contributed by atoms with Gasteiger partial charge in [0.2, 0.25) is 0 Å². The lowest BCUT2D eigenvalue weighted by molar-refractivity contribution is 0.0967. The molecule has 1 atom stereocenters. The fourth-order valence-electron chi connectivity index (χ4n) is 1.61. The van der Waals surface area contributed by atoms with E-state index in [1.165, 1.54) is 0 Å². The van der Waals surface area contributed by atoms with Crippen LogP contribution in [0.4, 0.5) is 0 Å². The lowest BCUT2D eigenvalue weighted by Crippen LogP contribution is -2.29. The highest BCUT2D eigenvalue weighted by Gasteiger charge is 2.16. The molecular formula is C14H21NO. The average Bonchev–Trinajstić information content (AvgIpc) is 2.21. The van der Waals surface area contributed by atoms with Crippen molar-refractivity contribution in [2.24, 2.45) is 11.7 Å². The molecule has 0 fully saturated rings. The summed E-state index contributed by atoms with van der Waals surface area (Å²) in [7, 11) is 0. The number of benzene rings is 1. The number of nitrogens with two attached hydrogens (primary N) is 1. The first-order valence-corrected chi connectivity index (χ1v) is 5.78. The summed E-state index contributed by atoms with van der Waals surface area (Å²) in [5, 5.41) is 0. The van der Waals surface area contributed by atoms with E-state index >= 15 is 0 Å². The number of rotatable bonds is 4. The van der Waals surface area contributed by atoms with E-state index in [1.54, 1.807) is 0 Å². The largest absolute Gasteiger partial charge is 0.327 e. The maximum atomic E-state index is 12.1. The first-order chi connectivity index (χ1) is 7.43. The molecule has 0 heterocycles. The van der Waals surface area contributed by atoms with Crippen molar-refractivity contribution in [1.82, 2.24) is 0 Å². The molecule has 0 aliphatic heterocycles. The van der Waals surface area contributed by atoms with Crippen LogP contribution in [0.3, 0.4) is 0 Å². The van der Waals surface area contributed by atoms with Crippen LogP contribution in [0.25, 0.3) is 0 Å². The Morgan fingerprint density at radius 3 is 2.50 bits per heavy atom. The van der Waals surface area contributed by atoms with Gasteiger partial charge < -0.3 is 5.73 Å². The Labute approximate surface area is 97.9 Å². The minimum atomic E-state index is -0.0487. The first-order valence-electron chi connectivity index (χ1n) is 5.78. The molecule has 0 radical (unpaired) electrons. The monoisotopic (exact) mass is 219 g/mol. The zero-order valence-electron chi connectivity index (χ0n) is 10.6. The second kappa shape index (κ2) is 5.26. The van der Waals surface area contributed by atoms with Gasteiger partial charge in [0.15, 0.2) is 5.78 Å². The van der Waals surface area contributed by atoms with Gasteiger partial charge in [0.25, 0.3) is 0 Å². The summed E-state index contributed by atoms with van der Waals surface area (Å²) in [6.45, 7) is 8.10. The molecule has 0 aromatic heterocycles. The number of hydrogen-bond acceptors (Lipinski definition) is 2. The minimum Gasteiger partial charge on any atom is -0.327 e. The van der Waals surface area contributed by atoms with Crippen LogP contribution in [0, 0.1) is 19.8 Å². The van der Waals surface area contributed by atoms with Crippen molar-refractivity contribution in [1.29, 1.82) is 0 Å². The van der Waals surface area contributed by atoms with Gasteiger partial charge in [-0.15, -0.1) is 0 Å². The number of Topliss-reactive ketones (excluding diaryl/α,β-unsaturated/α-hetero) is 1. The van der Waals surface area contributed by atoms with Crippen molar-refractivity contribution in [2.45, 2.75) is 40.2 Å². The van der Waals surface area contributed by atoms with Crippen LogP contribution in [-0.2, 0) is 0 Å². The standard InChI is InChI=1S/C14H21NO/c1-9(2)13(15)8-14(16)12-7-5-6-10(3)11(12)4/h5-7,9,13H,8,15H2,1-4H3. The van der Waals surface area contributed by atoms with Crippen LogP contribution in [0.5, 0.6) is 0 Å². The number of carbonyl (C=O) groups excluding carboxylic acids is 1.